The van der Waals surface area contributed by atoms with E-state index in [-0.39, 0.29) is 25.2 Å². The van der Waals surface area contributed by atoms with E-state index in [4.69, 9.17) is 10.5 Å². The predicted octanol–water partition coefficient (Wildman–Crippen LogP) is 4.12. The number of amidine groups is 1. The fourth-order valence-corrected chi connectivity index (χ4v) is 4.10. The van der Waals surface area contributed by atoms with Gasteiger partial charge in [0.2, 0.25) is 5.91 Å². The van der Waals surface area contributed by atoms with Gasteiger partial charge in [0.15, 0.2) is 0 Å². The molecule has 1 atom stereocenters. The molecule has 3 N–H and O–H groups in total. The minimum atomic E-state index is -2.54. The van der Waals surface area contributed by atoms with Crippen molar-refractivity contribution < 1.29 is 24.5 Å². The number of piperidine rings is 1. The molecule has 1 saturated heterocycles. The van der Waals surface area contributed by atoms with Crippen LogP contribution in [-0.4, -0.2) is 60.3 Å². The van der Waals surface area contributed by atoms with Crippen LogP contribution in [0.2, 0.25) is 0 Å². The Morgan fingerprint density at radius 2 is 2.03 bits per heavy atom. The third-order valence-electron chi connectivity index (χ3n) is 6.46. The van der Waals surface area contributed by atoms with Gasteiger partial charge in [-0.2, -0.15) is 4.99 Å². The summed E-state index contributed by atoms with van der Waals surface area (Å²) in [7, 11) is 0. The van der Waals surface area contributed by atoms with Crippen molar-refractivity contribution in [2.45, 2.75) is 52.4 Å². The van der Waals surface area contributed by atoms with Crippen LogP contribution in [0.3, 0.4) is 0 Å². The summed E-state index contributed by atoms with van der Waals surface area (Å²) < 4.78 is 30.5. The van der Waals surface area contributed by atoms with Gasteiger partial charge in [-0.3, -0.25) is 9.78 Å². The van der Waals surface area contributed by atoms with Crippen molar-refractivity contribution in [3.8, 4) is 5.75 Å². The van der Waals surface area contributed by atoms with Crippen LogP contribution in [0.4, 0.5) is 13.6 Å². The zero-order valence-corrected chi connectivity index (χ0v) is 20.4. The molecule has 1 aliphatic heterocycles. The number of ether oxygens (including phenoxy) is 1. The third-order valence-corrected chi connectivity index (χ3v) is 6.46. The first-order chi connectivity index (χ1) is 16.7. The summed E-state index contributed by atoms with van der Waals surface area (Å²) in [5.74, 6) is 0.834. The Morgan fingerprint density at radius 3 is 2.60 bits per heavy atom. The van der Waals surface area contributed by atoms with Gasteiger partial charge in [-0.1, -0.05) is 19.9 Å². The third kappa shape index (κ3) is 8.00. The number of nitrogens with two attached hydrogens (primary N) is 1. The Bertz CT molecular complexity index is 932. The highest BCUT2D eigenvalue weighted by molar-refractivity contribution is 5.93. The molecule has 1 aromatic rings. The molecule has 1 fully saturated rings. The lowest BCUT2D eigenvalue weighted by atomic mass is 9.87. The van der Waals surface area contributed by atoms with E-state index >= 15 is 0 Å². The number of aromatic nitrogens is 1. The van der Waals surface area contributed by atoms with E-state index in [1.54, 1.807) is 11.1 Å². The summed E-state index contributed by atoms with van der Waals surface area (Å²) in [6.07, 6.45) is 4.60. The number of amides is 3. The van der Waals surface area contributed by atoms with Gasteiger partial charge < -0.3 is 20.7 Å². The Balaban J connectivity index is 0.00000456. The molecular weight excluding hydrogens is 456 g/mol. The number of alkyl halides is 2. The lowest BCUT2D eigenvalue weighted by molar-refractivity contribution is -0.125. The number of carbonyl (C=O) groups excluding carboxylic acids is 2. The summed E-state index contributed by atoms with van der Waals surface area (Å²) in [4.78, 5) is 34.4. The number of pyridine rings is 1. The molecule has 1 unspecified atom stereocenters. The van der Waals surface area contributed by atoms with Gasteiger partial charge in [-0.05, 0) is 55.7 Å². The molecule has 194 valence electrons. The smallest absolute Gasteiger partial charge is 0.345 e. The van der Waals surface area contributed by atoms with Gasteiger partial charge in [-0.15, -0.1) is 0 Å². The molecule has 0 radical (unpaired) electrons. The SMILES string of the molecule is CC(C)/C(N)=N/C(=O)N1CCC(COc2ccc(C3=CCC(C(=O)NCC(F)F)CC3)nc2)CC1.[HH]. The number of nitrogens with one attached hydrogen (secondary N) is 1. The van der Waals surface area contributed by atoms with Crippen LogP contribution >= 0.6 is 0 Å². The second kappa shape index (κ2) is 12.6. The van der Waals surface area contributed by atoms with E-state index in [1.165, 1.54) is 0 Å². The standard InChI is InChI=1S/C25H35F2N5O3.H2/c1-16(2)23(28)31-25(34)32-11-9-17(10-12-32)15-35-20-7-8-21(29-13-20)18-3-5-19(6-4-18)24(33)30-14-22(26)27;/h3,7-8,13,16-17,19,22H,4-6,9-12,14-15H2,1-2H3,(H,30,33)(H2,28,31,34);1H. The maximum Gasteiger partial charge on any atom is 0.345 e. The van der Waals surface area contributed by atoms with Crippen LogP contribution in [0.1, 0.15) is 53.1 Å². The van der Waals surface area contributed by atoms with Crippen molar-refractivity contribution in [3.05, 3.63) is 30.1 Å². The van der Waals surface area contributed by atoms with E-state index in [0.717, 1.165) is 24.1 Å². The number of aliphatic imine (C=N–C) groups is 1. The second-order valence-electron chi connectivity index (χ2n) is 9.43. The van der Waals surface area contributed by atoms with Gasteiger partial charge in [0.05, 0.1) is 25.0 Å². The average Bonchev–Trinajstić information content (AvgIpc) is 2.86. The topological polar surface area (TPSA) is 110 Å². The molecule has 0 saturated carbocycles. The van der Waals surface area contributed by atoms with E-state index < -0.39 is 13.0 Å². The van der Waals surface area contributed by atoms with Crippen molar-refractivity contribution in [3.63, 3.8) is 0 Å². The van der Waals surface area contributed by atoms with Crippen LogP contribution in [-0.2, 0) is 4.79 Å². The number of likely N-dealkylation sites (tertiary alicyclic amines) is 1. The lowest BCUT2D eigenvalue weighted by Gasteiger charge is -2.30. The number of urea groups is 1. The number of hydrogen-bond acceptors (Lipinski definition) is 4. The first-order valence-electron chi connectivity index (χ1n) is 12.2. The van der Waals surface area contributed by atoms with Crippen molar-refractivity contribution in [1.82, 2.24) is 15.2 Å². The summed E-state index contributed by atoms with van der Waals surface area (Å²) in [6.45, 7) is 5.03. The maximum atomic E-state index is 12.3. The summed E-state index contributed by atoms with van der Waals surface area (Å²) in [5.41, 5.74) is 7.67. The van der Waals surface area contributed by atoms with Crippen LogP contribution in [0.25, 0.3) is 5.57 Å². The van der Waals surface area contributed by atoms with Crippen LogP contribution in [0.5, 0.6) is 5.75 Å². The van der Waals surface area contributed by atoms with Gasteiger partial charge in [-0.25, -0.2) is 13.6 Å². The summed E-state index contributed by atoms with van der Waals surface area (Å²) in [5, 5.41) is 2.29. The fraction of sp³-hybridized carbons (Fsp3) is 0.600. The number of halogens is 2. The highest BCUT2D eigenvalue weighted by atomic mass is 19.3. The second-order valence-corrected chi connectivity index (χ2v) is 9.43. The first-order valence-corrected chi connectivity index (χ1v) is 12.2. The molecule has 1 aliphatic carbocycles. The highest BCUT2D eigenvalue weighted by Gasteiger charge is 2.24. The van der Waals surface area contributed by atoms with Gasteiger partial charge in [0, 0.05) is 26.4 Å². The van der Waals surface area contributed by atoms with Gasteiger partial charge >= 0.3 is 6.03 Å². The van der Waals surface area contributed by atoms with Crippen LogP contribution in [0, 0.1) is 17.8 Å². The molecule has 2 aliphatic rings. The predicted molar refractivity (Wildman–Crippen MR) is 132 cm³/mol. The number of carbonyl (C=O) groups is 2. The first kappa shape index (κ1) is 26.6. The molecule has 1 aromatic heterocycles. The van der Waals surface area contributed by atoms with Crippen molar-refractivity contribution in [2.24, 2.45) is 28.5 Å². The van der Waals surface area contributed by atoms with Crippen molar-refractivity contribution >= 4 is 23.3 Å². The van der Waals surface area contributed by atoms with Crippen molar-refractivity contribution in [1.29, 1.82) is 0 Å². The van der Waals surface area contributed by atoms with Crippen LogP contribution < -0.4 is 15.8 Å². The number of allylic oxidation sites excluding steroid dienone is 2. The zero-order chi connectivity index (χ0) is 25.4. The maximum absolute atomic E-state index is 12.3. The number of nitrogens with zero attached hydrogens (tertiary/aromatic N) is 3. The largest absolute Gasteiger partial charge is 0.492 e. The fourth-order valence-electron chi connectivity index (χ4n) is 4.10. The van der Waals surface area contributed by atoms with E-state index in [2.05, 4.69) is 15.3 Å². The summed E-state index contributed by atoms with van der Waals surface area (Å²) >= 11 is 0. The molecule has 8 nitrogen and oxygen atoms in total. The Labute approximate surface area is 206 Å². The van der Waals surface area contributed by atoms with E-state index in [9.17, 15) is 18.4 Å². The van der Waals surface area contributed by atoms with Crippen molar-refractivity contribution in [2.75, 3.05) is 26.2 Å². The minimum Gasteiger partial charge on any atom is -0.492 e. The van der Waals surface area contributed by atoms with E-state index in [1.807, 2.05) is 32.1 Å². The molecule has 2 heterocycles. The van der Waals surface area contributed by atoms with E-state index in [0.29, 0.717) is 56.5 Å². The molecular formula is C25H37F2N5O3. The molecule has 3 amide bonds. The molecule has 10 heteroatoms. The lowest BCUT2D eigenvalue weighted by Crippen LogP contribution is -2.39. The zero-order valence-electron chi connectivity index (χ0n) is 20.4. The molecule has 0 bridgehead atoms. The van der Waals surface area contributed by atoms with Crippen LogP contribution in [0.15, 0.2) is 29.4 Å². The number of hydrogen-bond donors (Lipinski definition) is 2. The van der Waals surface area contributed by atoms with Gasteiger partial charge in [0.25, 0.3) is 6.43 Å². The Kier molecular flexibility index (Phi) is 9.56. The normalized spacial score (nSPS) is 19.6. The molecule has 0 aromatic carbocycles. The molecule has 0 spiro atoms. The number of rotatable bonds is 8. The molecule has 35 heavy (non-hydrogen) atoms. The average molecular weight is 494 g/mol. The monoisotopic (exact) mass is 493 g/mol. The molecule has 3 rings (SSSR count). The van der Waals surface area contributed by atoms with Gasteiger partial charge in [0.1, 0.15) is 11.6 Å². The minimum absolute atomic E-state index is 0. The Morgan fingerprint density at radius 1 is 1.29 bits per heavy atom. The summed E-state index contributed by atoms with van der Waals surface area (Å²) in [6, 6.07) is 3.51. The Hall–Kier alpha value is -3.04. The highest BCUT2D eigenvalue weighted by Crippen LogP contribution is 2.30. The quantitative estimate of drug-likeness (QED) is 0.418.